The lowest BCUT2D eigenvalue weighted by molar-refractivity contribution is -0.193. The van der Waals surface area contributed by atoms with Gasteiger partial charge in [0.05, 0.1) is 20.3 Å². The number of benzene rings is 1. The van der Waals surface area contributed by atoms with Crippen molar-refractivity contribution in [1.82, 2.24) is 4.90 Å². The number of hydrogen-bond acceptors (Lipinski definition) is 5. The normalized spacial score (nSPS) is 32.0. The monoisotopic (exact) mass is 331 g/mol. The Morgan fingerprint density at radius 3 is 2.75 bits per heavy atom. The van der Waals surface area contributed by atoms with E-state index in [9.17, 15) is 4.79 Å². The molecule has 1 aromatic rings. The van der Waals surface area contributed by atoms with Crippen LogP contribution in [0.3, 0.4) is 0 Å². The third kappa shape index (κ3) is 2.85. The van der Waals surface area contributed by atoms with Crippen LogP contribution in [0.5, 0.6) is 0 Å². The van der Waals surface area contributed by atoms with Gasteiger partial charge in [0.2, 0.25) is 0 Å². The molecule has 5 nitrogen and oxygen atoms in total. The summed E-state index contributed by atoms with van der Waals surface area (Å²) in [5.74, 6) is -0.0416. The Morgan fingerprint density at radius 2 is 2.04 bits per heavy atom. The minimum atomic E-state index is -0.429. The Hall–Kier alpha value is -1.43. The lowest BCUT2D eigenvalue weighted by atomic mass is 9.81. The highest BCUT2D eigenvalue weighted by Crippen LogP contribution is 2.47. The van der Waals surface area contributed by atoms with Crippen LogP contribution in [0.2, 0.25) is 0 Å². The molecule has 4 rings (SSSR count). The van der Waals surface area contributed by atoms with Crippen molar-refractivity contribution < 1.29 is 19.0 Å². The molecule has 2 aliphatic heterocycles. The van der Waals surface area contributed by atoms with Crippen LogP contribution in [0.25, 0.3) is 0 Å². The van der Waals surface area contributed by atoms with E-state index in [1.165, 1.54) is 12.7 Å². The van der Waals surface area contributed by atoms with E-state index in [1.807, 2.05) is 18.2 Å². The SMILES string of the molecule is COC(=O)[C@@H]1C[C@@H]2CCC3(C[C@@H]2N1Cc1ccccc1)OCCO3. The van der Waals surface area contributed by atoms with Gasteiger partial charge in [-0.05, 0) is 24.3 Å². The number of ether oxygens (including phenoxy) is 3. The molecule has 0 unspecified atom stereocenters. The summed E-state index contributed by atoms with van der Waals surface area (Å²) in [6, 6.07) is 10.5. The topological polar surface area (TPSA) is 48.0 Å². The second-order valence-corrected chi connectivity index (χ2v) is 7.11. The van der Waals surface area contributed by atoms with Crippen LogP contribution in [0.1, 0.15) is 31.2 Å². The zero-order valence-corrected chi connectivity index (χ0v) is 14.1. The molecule has 3 aliphatic rings. The number of carbonyl (C=O) groups is 1. The summed E-state index contributed by atoms with van der Waals surface area (Å²) >= 11 is 0. The molecule has 24 heavy (non-hydrogen) atoms. The molecule has 3 fully saturated rings. The van der Waals surface area contributed by atoms with Gasteiger partial charge in [-0.1, -0.05) is 30.3 Å². The van der Waals surface area contributed by atoms with Crippen molar-refractivity contribution in [3.63, 3.8) is 0 Å². The van der Waals surface area contributed by atoms with E-state index in [0.29, 0.717) is 25.2 Å². The lowest BCUT2D eigenvalue weighted by Gasteiger charge is -2.41. The third-order valence-electron chi connectivity index (χ3n) is 5.81. The molecule has 1 aliphatic carbocycles. The summed E-state index contributed by atoms with van der Waals surface area (Å²) in [4.78, 5) is 14.7. The first-order valence-electron chi connectivity index (χ1n) is 8.86. The van der Waals surface area contributed by atoms with Gasteiger partial charge in [-0.25, -0.2) is 0 Å². The van der Waals surface area contributed by atoms with E-state index in [0.717, 1.165) is 32.2 Å². The number of nitrogens with zero attached hydrogens (tertiary/aromatic N) is 1. The molecule has 3 atom stereocenters. The van der Waals surface area contributed by atoms with Crippen LogP contribution >= 0.6 is 0 Å². The first-order chi connectivity index (χ1) is 11.7. The van der Waals surface area contributed by atoms with Gasteiger partial charge in [-0.3, -0.25) is 9.69 Å². The summed E-state index contributed by atoms with van der Waals surface area (Å²) in [6.45, 7) is 2.12. The van der Waals surface area contributed by atoms with Crippen molar-refractivity contribution in [2.75, 3.05) is 20.3 Å². The second-order valence-electron chi connectivity index (χ2n) is 7.11. The van der Waals surface area contributed by atoms with Gasteiger partial charge in [-0.2, -0.15) is 0 Å². The quantitative estimate of drug-likeness (QED) is 0.796. The molecule has 5 heteroatoms. The van der Waals surface area contributed by atoms with E-state index in [1.54, 1.807) is 0 Å². The summed E-state index contributed by atoms with van der Waals surface area (Å²) in [5.41, 5.74) is 1.22. The van der Waals surface area contributed by atoms with E-state index in [2.05, 4.69) is 17.0 Å². The van der Waals surface area contributed by atoms with Gasteiger partial charge >= 0.3 is 5.97 Å². The Morgan fingerprint density at radius 1 is 1.29 bits per heavy atom. The number of methoxy groups -OCH3 is 1. The van der Waals surface area contributed by atoms with Crippen molar-refractivity contribution in [3.8, 4) is 0 Å². The standard InChI is InChI=1S/C19H25NO4/c1-22-18(21)16-11-15-7-8-19(23-9-10-24-19)12-17(15)20(16)13-14-5-3-2-4-6-14/h2-6,15-17H,7-13H2,1H3/t15-,16-,17-/m0/s1. The maximum Gasteiger partial charge on any atom is 0.323 e. The van der Waals surface area contributed by atoms with E-state index in [4.69, 9.17) is 14.2 Å². The molecule has 1 saturated carbocycles. The third-order valence-corrected chi connectivity index (χ3v) is 5.81. The number of fused-ring (bicyclic) bond motifs is 1. The van der Waals surface area contributed by atoms with Gasteiger partial charge in [0.1, 0.15) is 6.04 Å². The minimum Gasteiger partial charge on any atom is -0.468 e. The molecule has 0 N–H and O–H groups in total. The molecule has 0 amide bonds. The Labute approximate surface area is 142 Å². The number of carbonyl (C=O) groups excluding carboxylic acids is 1. The highest BCUT2D eigenvalue weighted by molar-refractivity contribution is 5.76. The van der Waals surface area contributed by atoms with Crippen molar-refractivity contribution in [3.05, 3.63) is 35.9 Å². The molecule has 1 aromatic carbocycles. The Kier molecular flexibility index (Phi) is 4.33. The van der Waals surface area contributed by atoms with Gasteiger partial charge in [-0.15, -0.1) is 0 Å². The highest BCUT2D eigenvalue weighted by atomic mass is 16.7. The van der Waals surface area contributed by atoms with E-state index >= 15 is 0 Å². The molecular formula is C19H25NO4. The first kappa shape index (κ1) is 16.1. The summed E-state index contributed by atoms with van der Waals surface area (Å²) in [5, 5.41) is 0. The maximum atomic E-state index is 12.3. The van der Waals surface area contributed by atoms with Crippen LogP contribution in [0.15, 0.2) is 30.3 Å². The summed E-state index contributed by atoms with van der Waals surface area (Å²) in [7, 11) is 1.48. The molecule has 0 radical (unpaired) electrons. The number of esters is 1. The fourth-order valence-corrected chi connectivity index (χ4v) is 4.65. The van der Waals surface area contributed by atoms with Gasteiger partial charge in [0, 0.05) is 25.4 Å². The van der Waals surface area contributed by atoms with Gasteiger partial charge in [0.25, 0.3) is 0 Å². The molecule has 130 valence electrons. The van der Waals surface area contributed by atoms with Crippen LogP contribution in [0.4, 0.5) is 0 Å². The zero-order chi connectivity index (χ0) is 16.6. The smallest absolute Gasteiger partial charge is 0.323 e. The Balaban J connectivity index is 1.59. The minimum absolute atomic E-state index is 0.123. The number of hydrogen-bond donors (Lipinski definition) is 0. The van der Waals surface area contributed by atoms with Crippen LogP contribution in [-0.2, 0) is 25.5 Å². The Bertz CT molecular complexity index is 584. The number of rotatable bonds is 3. The first-order valence-corrected chi connectivity index (χ1v) is 8.86. The van der Waals surface area contributed by atoms with Crippen molar-refractivity contribution in [2.45, 2.75) is 50.1 Å². The van der Waals surface area contributed by atoms with Crippen molar-refractivity contribution >= 4 is 5.97 Å². The average molecular weight is 331 g/mol. The molecule has 1 spiro atoms. The largest absolute Gasteiger partial charge is 0.468 e. The summed E-state index contributed by atoms with van der Waals surface area (Å²) in [6.07, 6.45) is 3.70. The van der Waals surface area contributed by atoms with Crippen LogP contribution in [-0.4, -0.2) is 49.1 Å². The second kappa shape index (κ2) is 6.47. The summed E-state index contributed by atoms with van der Waals surface area (Å²) < 4.78 is 17.0. The molecule has 0 aromatic heterocycles. The maximum absolute atomic E-state index is 12.3. The van der Waals surface area contributed by atoms with E-state index in [-0.39, 0.29) is 12.0 Å². The van der Waals surface area contributed by atoms with Crippen LogP contribution in [0, 0.1) is 5.92 Å². The lowest BCUT2D eigenvalue weighted by Crippen LogP contribution is -2.48. The van der Waals surface area contributed by atoms with E-state index < -0.39 is 5.79 Å². The number of likely N-dealkylation sites (tertiary alicyclic amines) is 1. The molecular weight excluding hydrogens is 306 g/mol. The molecule has 0 bridgehead atoms. The predicted molar refractivity (Wildman–Crippen MR) is 88.2 cm³/mol. The fraction of sp³-hybridized carbons (Fsp3) is 0.632. The predicted octanol–water partition coefficient (Wildman–Crippen LogP) is 2.35. The average Bonchev–Trinajstić information content (AvgIpc) is 3.21. The van der Waals surface area contributed by atoms with Gasteiger partial charge in [0.15, 0.2) is 5.79 Å². The van der Waals surface area contributed by atoms with Crippen molar-refractivity contribution in [1.29, 1.82) is 0 Å². The van der Waals surface area contributed by atoms with Crippen molar-refractivity contribution in [2.24, 2.45) is 5.92 Å². The van der Waals surface area contributed by atoms with Crippen LogP contribution < -0.4 is 0 Å². The fourth-order valence-electron chi connectivity index (χ4n) is 4.65. The molecule has 2 heterocycles. The highest BCUT2D eigenvalue weighted by Gasteiger charge is 2.53. The molecule has 2 saturated heterocycles. The van der Waals surface area contributed by atoms with Gasteiger partial charge < -0.3 is 14.2 Å². The zero-order valence-electron chi connectivity index (χ0n) is 14.1.